The second-order valence-electron chi connectivity index (χ2n) is 6.96. The summed E-state index contributed by atoms with van der Waals surface area (Å²) in [4.78, 5) is 12.4. The van der Waals surface area contributed by atoms with E-state index in [1.165, 1.54) is 28.6 Å². The van der Waals surface area contributed by atoms with Gasteiger partial charge in [-0.3, -0.25) is 9.10 Å². The first-order valence-electron chi connectivity index (χ1n) is 9.66. The van der Waals surface area contributed by atoms with Gasteiger partial charge in [-0.1, -0.05) is 24.3 Å². The lowest BCUT2D eigenvalue weighted by Gasteiger charge is -2.18. The number of hydrogen-bond acceptors (Lipinski definition) is 4. The SMILES string of the molecule is O=C(CCCN1c2cccc3cccc(c23)S1(=O)=O)NCCOc1ccc(F)cc1. The van der Waals surface area contributed by atoms with Crippen molar-refractivity contribution in [1.29, 1.82) is 0 Å². The number of benzene rings is 3. The summed E-state index contributed by atoms with van der Waals surface area (Å²) in [7, 11) is -3.60. The smallest absolute Gasteiger partial charge is 0.265 e. The van der Waals surface area contributed by atoms with Crippen LogP contribution < -0.4 is 14.4 Å². The second kappa shape index (κ2) is 8.31. The molecule has 0 radical (unpaired) electrons. The van der Waals surface area contributed by atoms with Crippen molar-refractivity contribution in [3.05, 3.63) is 66.5 Å². The Morgan fingerprint density at radius 2 is 1.77 bits per heavy atom. The molecule has 3 aromatic rings. The molecule has 4 rings (SSSR count). The number of ether oxygens (including phenoxy) is 1. The Bertz CT molecular complexity index is 1170. The molecule has 0 bridgehead atoms. The topological polar surface area (TPSA) is 75.7 Å². The fraction of sp³-hybridized carbons (Fsp3) is 0.227. The molecule has 3 aromatic carbocycles. The van der Waals surface area contributed by atoms with Crippen molar-refractivity contribution in [2.45, 2.75) is 17.7 Å². The third-order valence-corrected chi connectivity index (χ3v) is 6.81. The first-order chi connectivity index (χ1) is 14.5. The standard InChI is InChI=1S/C22H21FN2O4S/c23-17-9-11-18(12-10-17)29-15-13-24-21(26)8-3-14-25-19-6-1-4-16-5-2-7-20(22(16)19)30(25,27)28/h1-2,4-7,9-12H,3,8,13-15H2,(H,24,26). The minimum atomic E-state index is -3.60. The summed E-state index contributed by atoms with van der Waals surface area (Å²) in [5.74, 6) is 0.0126. The Morgan fingerprint density at radius 3 is 2.53 bits per heavy atom. The number of rotatable bonds is 8. The van der Waals surface area contributed by atoms with E-state index in [4.69, 9.17) is 4.74 Å². The maximum Gasteiger partial charge on any atom is 0.265 e. The van der Waals surface area contributed by atoms with Crippen LogP contribution in [0.1, 0.15) is 12.8 Å². The zero-order chi connectivity index (χ0) is 21.1. The molecule has 6 nitrogen and oxygen atoms in total. The highest BCUT2D eigenvalue weighted by Gasteiger charge is 2.34. The molecule has 1 heterocycles. The molecule has 0 fully saturated rings. The molecule has 1 aliphatic heterocycles. The predicted octanol–water partition coefficient (Wildman–Crippen LogP) is 3.46. The van der Waals surface area contributed by atoms with Gasteiger partial charge in [0.2, 0.25) is 5.91 Å². The van der Waals surface area contributed by atoms with Gasteiger partial charge in [0.15, 0.2) is 0 Å². The Kier molecular flexibility index (Phi) is 5.59. The van der Waals surface area contributed by atoms with E-state index in [0.717, 1.165) is 10.8 Å². The van der Waals surface area contributed by atoms with E-state index in [2.05, 4.69) is 5.32 Å². The lowest BCUT2D eigenvalue weighted by molar-refractivity contribution is -0.121. The van der Waals surface area contributed by atoms with Gasteiger partial charge in [-0.15, -0.1) is 0 Å². The lowest BCUT2D eigenvalue weighted by Crippen LogP contribution is -2.31. The second-order valence-corrected chi connectivity index (χ2v) is 8.80. The summed E-state index contributed by atoms with van der Waals surface area (Å²) in [6.07, 6.45) is 0.600. The number of sulfonamides is 1. The van der Waals surface area contributed by atoms with Crippen LogP contribution in [0.15, 0.2) is 65.6 Å². The van der Waals surface area contributed by atoms with E-state index >= 15 is 0 Å². The minimum absolute atomic E-state index is 0.176. The van der Waals surface area contributed by atoms with Crippen molar-refractivity contribution >= 4 is 32.4 Å². The van der Waals surface area contributed by atoms with Gasteiger partial charge >= 0.3 is 0 Å². The molecular formula is C22H21FN2O4S. The molecule has 30 heavy (non-hydrogen) atoms. The summed E-state index contributed by atoms with van der Waals surface area (Å²) >= 11 is 0. The first-order valence-corrected chi connectivity index (χ1v) is 11.1. The monoisotopic (exact) mass is 428 g/mol. The normalized spacial score (nSPS) is 14.1. The van der Waals surface area contributed by atoms with E-state index in [0.29, 0.717) is 29.3 Å². The fourth-order valence-electron chi connectivity index (χ4n) is 3.56. The Labute approximate surface area is 174 Å². The number of hydrogen-bond donors (Lipinski definition) is 1. The number of halogens is 1. The van der Waals surface area contributed by atoms with E-state index in [-0.39, 0.29) is 31.3 Å². The van der Waals surface area contributed by atoms with Crippen molar-refractivity contribution in [1.82, 2.24) is 5.32 Å². The number of amides is 1. The van der Waals surface area contributed by atoms with Gasteiger partial charge in [0.1, 0.15) is 18.2 Å². The predicted molar refractivity (Wildman–Crippen MR) is 113 cm³/mol. The maximum absolute atomic E-state index is 12.9. The highest BCUT2D eigenvalue weighted by Crippen LogP contribution is 2.41. The van der Waals surface area contributed by atoms with E-state index < -0.39 is 10.0 Å². The minimum Gasteiger partial charge on any atom is -0.492 e. The van der Waals surface area contributed by atoms with Crippen LogP contribution in [0.3, 0.4) is 0 Å². The Hall–Kier alpha value is -3.13. The van der Waals surface area contributed by atoms with Crippen molar-refractivity contribution in [3.63, 3.8) is 0 Å². The van der Waals surface area contributed by atoms with E-state index in [9.17, 15) is 17.6 Å². The van der Waals surface area contributed by atoms with Gasteiger partial charge in [-0.25, -0.2) is 12.8 Å². The third-order valence-electron chi connectivity index (χ3n) is 4.95. The van der Waals surface area contributed by atoms with Crippen LogP contribution in [0.4, 0.5) is 10.1 Å². The molecule has 0 atom stereocenters. The molecule has 0 aliphatic carbocycles. The number of nitrogens with zero attached hydrogens (tertiary/aromatic N) is 1. The average Bonchev–Trinajstić information content (AvgIpc) is 2.96. The molecule has 0 aromatic heterocycles. The van der Waals surface area contributed by atoms with Gasteiger partial charge < -0.3 is 10.1 Å². The average molecular weight is 428 g/mol. The molecular weight excluding hydrogens is 407 g/mol. The van der Waals surface area contributed by atoms with Crippen LogP contribution in [0.5, 0.6) is 5.75 Å². The molecule has 0 unspecified atom stereocenters. The number of nitrogens with one attached hydrogen (secondary N) is 1. The van der Waals surface area contributed by atoms with Crippen molar-refractivity contribution in [2.24, 2.45) is 0 Å². The van der Waals surface area contributed by atoms with E-state index in [1.807, 2.05) is 18.2 Å². The van der Waals surface area contributed by atoms with Crippen LogP contribution in [0.25, 0.3) is 10.8 Å². The lowest BCUT2D eigenvalue weighted by atomic mass is 10.1. The summed E-state index contributed by atoms with van der Waals surface area (Å²) < 4.78 is 45.4. The van der Waals surface area contributed by atoms with Gasteiger partial charge in [0.25, 0.3) is 10.0 Å². The van der Waals surface area contributed by atoms with Crippen LogP contribution in [0, 0.1) is 5.82 Å². The van der Waals surface area contributed by atoms with Crippen LogP contribution in [-0.4, -0.2) is 34.0 Å². The van der Waals surface area contributed by atoms with Crippen molar-refractivity contribution in [3.8, 4) is 5.75 Å². The largest absolute Gasteiger partial charge is 0.492 e. The summed E-state index contributed by atoms with van der Waals surface area (Å²) in [6, 6.07) is 16.4. The molecule has 1 N–H and O–H groups in total. The Morgan fingerprint density at radius 1 is 1.03 bits per heavy atom. The maximum atomic E-state index is 12.9. The molecule has 156 valence electrons. The number of anilines is 1. The van der Waals surface area contributed by atoms with Gasteiger partial charge in [0, 0.05) is 18.4 Å². The summed E-state index contributed by atoms with van der Waals surface area (Å²) in [5, 5.41) is 4.36. The number of carbonyl (C=O) groups excluding carboxylic acids is 1. The van der Waals surface area contributed by atoms with Crippen LogP contribution in [-0.2, 0) is 14.8 Å². The van der Waals surface area contributed by atoms with Crippen LogP contribution >= 0.6 is 0 Å². The quantitative estimate of drug-likeness (QED) is 0.558. The number of carbonyl (C=O) groups is 1. The first kappa shape index (κ1) is 20.2. The molecule has 1 amide bonds. The van der Waals surface area contributed by atoms with Crippen molar-refractivity contribution in [2.75, 3.05) is 24.0 Å². The molecule has 0 saturated carbocycles. The fourth-order valence-corrected chi connectivity index (χ4v) is 5.31. The highest BCUT2D eigenvalue weighted by molar-refractivity contribution is 7.93. The highest BCUT2D eigenvalue weighted by atomic mass is 32.2. The molecule has 8 heteroatoms. The van der Waals surface area contributed by atoms with E-state index in [1.54, 1.807) is 18.2 Å². The molecule has 0 spiro atoms. The van der Waals surface area contributed by atoms with Gasteiger partial charge in [0.05, 0.1) is 17.1 Å². The molecule has 1 aliphatic rings. The zero-order valence-electron chi connectivity index (χ0n) is 16.2. The molecule has 0 saturated heterocycles. The zero-order valence-corrected chi connectivity index (χ0v) is 17.0. The van der Waals surface area contributed by atoms with Crippen LogP contribution in [0.2, 0.25) is 0 Å². The summed E-state index contributed by atoms with van der Waals surface area (Å²) in [6.45, 7) is 0.799. The van der Waals surface area contributed by atoms with Gasteiger partial charge in [-0.05, 0) is 48.2 Å². The summed E-state index contributed by atoms with van der Waals surface area (Å²) in [5.41, 5.74) is 0.663. The Balaban J connectivity index is 1.27. The van der Waals surface area contributed by atoms with Crippen molar-refractivity contribution < 1.29 is 22.3 Å². The third kappa shape index (κ3) is 3.95. The van der Waals surface area contributed by atoms with Gasteiger partial charge in [-0.2, -0.15) is 0 Å².